The summed E-state index contributed by atoms with van der Waals surface area (Å²) in [5.74, 6) is -0.833. The summed E-state index contributed by atoms with van der Waals surface area (Å²) < 4.78 is 35.4. The number of rotatable bonds is 9. The van der Waals surface area contributed by atoms with E-state index in [1.165, 1.54) is 11.1 Å². The summed E-state index contributed by atoms with van der Waals surface area (Å²) in [5.41, 5.74) is 5.80. The lowest BCUT2D eigenvalue weighted by Gasteiger charge is -2.33. The maximum Gasteiger partial charge on any atom is 0.323 e. The van der Waals surface area contributed by atoms with Crippen LogP contribution in [0.25, 0.3) is 0 Å². The molecule has 0 saturated carbocycles. The van der Waals surface area contributed by atoms with Gasteiger partial charge in [-0.05, 0) is 73.8 Å². The maximum atomic E-state index is 13.2. The van der Waals surface area contributed by atoms with Crippen LogP contribution in [-0.4, -0.2) is 72.8 Å². The second kappa shape index (κ2) is 10.7. The van der Waals surface area contributed by atoms with Gasteiger partial charge in [-0.15, -0.1) is 0 Å². The fourth-order valence-electron chi connectivity index (χ4n) is 5.47. The molecule has 1 saturated heterocycles. The number of hydrogen-bond donors (Lipinski definition) is 1. The van der Waals surface area contributed by atoms with Crippen molar-refractivity contribution in [3.05, 3.63) is 52.3 Å². The zero-order valence-electron chi connectivity index (χ0n) is 21.9. The summed E-state index contributed by atoms with van der Waals surface area (Å²) in [6.07, 6.45) is 3.50. The fraction of sp³-hybridized carbons (Fsp3) is 0.593. The third kappa shape index (κ3) is 5.69. The van der Waals surface area contributed by atoms with Crippen molar-refractivity contribution in [2.75, 3.05) is 39.5 Å². The number of hydrogen-bond acceptors (Lipinski definition) is 5. The van der Waals surface area contributed by atoms with Crippen molar-refractivity contribution < 1.29 is 23.1 Å². The van der Waals surface area contributed by atoms with Crippen LogP contribution in [0.1, 0.15) is 55.3 Å². The molecule has 1 fully saturated rings. The molecule has 9 heteroatoms. The Kier molecular flexibility index (Phi) is 7.95. The monoisotopic (exact) mass is 517 g/mol. The summed E-state index contributed by atoms with van der Waals surface area (Å²) in [6, 6.07) is 7.20. The second-order valence-electron chi connectivity index (χ2n) is 10.8. The highest BCUT2D eigenvalue weighted by Gasteiger charge is 2.32. The van der Waals surface area contributed by atoms with Crippen LogP contribution in [0.4, 0.5) is 0 Å². The quantitative estimate of drug-likeness (QED) is 0.549. The average Bonchev–Trinajstić information content (AvgIpc) is 3.07. The van der Waals surface area contributed by atoms with Gasteiger partial charge < -0.3 is 14.4 Å². The number of fused-ring (bicyclic) bond motifs is 1. The minimum atomic E-state index is -3.55. The highest BCUT2D eigenvalue weighted by Crippen LogP contribution is 2.39. The molecular formula is C27H39N3O5S. The van der Waals surface area contributed by atoms with Crippen LogP contribution in [0, 0.1) is 12.3 Å². The van der Waals surface area contributed by atoms with E-state index in [4.69, 9.17) is 4.74 Å². The number of nitrogens with zero attached hydrogens (tertiary/aromatic N) is 3. The normalized spacial score (nSPS) is 18.8. The molecule has 4 rings (SSSR count). The van der Waals surface area contributed by atoms with Crippen LogP contribution in [-0.2, 0) is 45.4 Å². The Balaban J connectivity index is 1.52. The van der Waals surface area contributed by atoms with Crippen LogP contribution in [0.3, 0.4) is 0 Å². The number of carboxylic acids is 1. The Labute approximate surface area is 214 Å². The Hall–Kier alpha value is -2.20. The topological polar surface area (TPSA) is 92.1 Å². The Bertz CT molecular complexity index is 1190. The first kappa shape index (κ1) is 26.9. The lowest BCUT2D eigenvalue weighted by molar-refractivity contribution is -0.137. The van der Waals surface area contributed by atoms with Crippen molar-refractivity contribution in [1.29, 1.82) is 0 Å². The highest BCUT2D eigenvalue weighted by molar-refractivity contribution is 7.89. The molecule has 2 heterocycles. The van der Waals surface area contributed by atoms with Crippen LogP contribution in [0.2, 0.25) is 0 Å². The second-order valence-corrected chi connectivity index (χ2v) is 12.7. The predicted octanol–water partition coefficient (Wildman–Crippen LogP) is 3.29. The van der Waals surface area contributed by atoms with E-state index in [0.29, 0.717) is 50.8 Å². The number of carbonyl (C=O) groups is 1. The molecule has 198 valence electrons. The van der Waals surface area contributed by atoms with Crippen LogP contribution in [0.5, 0.6) is 0 Å². The Morgan fingerprint density at radius 2 is 1.78 bits per heavy atom. The molecule has 8 nitrogen and oxygen atoms in total. The van der Waals surface area contributed by atoms with Crippen molar-refractivity contribution in [3.8, 4) is 0 Å². The molecule has 0 amide bonds. The fourth-order valence-corrected chi connectivity index (χ4v) is 6.90. The van der Waals surface area contributed by atoms with Gasteiger partial charge >= 0.3 is 5.97 Å². The van der Waals surface area contributed by atoms with Crippen LogP contribution >= 0.6 is 0 Å². The number of aromatic nitrogens is 1. The lowest BCUT2D eigenvalue weighted by atomic mass is 9.75. The zero-order valence-corrected chi connectivity index (χ0v) is 22.7. The molecule has 0 radical (unpaired) electrons. The maximum absolute atomic E-state index is 13.2. The van der Waals surface area contributed by atoms with Crippen molar-refractivity contribution in [1.82, 2.24) is 13.8 Å². The van der Waals surface area contributed by atoms with Crippen molar-refractivity contribution in [2.45, 2.75) is 64.8 Å². The van der Waals surface area contributed by atoms with Crippen LogP contribution in [0.15, 0.2) is 29.2 Å². The Morgan fingerprint density at radius 3 is 2.39 bits per heavy atom. The molecule has 1 aliphatic carbocycles. The smallest absolute Gasteiger partial charge is 0.323 e. The molecule has 0 spiro atoms. The SMILES string of the molecule is CCOCN1CCN(S(=O)(=O)c2ccc(Cc3c4c(n(CC(=O)O)c3C)CCC(C)(C)C4)cc2)CC1. The van der Waals surface area contributed by atoms with Gasteiger partial charge in [0.15, 0.2) is 0 Å². The van der Waals surface area contributed by atoms with E-state index in [-0.39, 0.29) is 12.0 Å². The first-order valence-corrected chi connectivity index (χ1v) is 14.3. The standard InChI is InChI=1S/C27H39N3O5S/c1-5-35-19-28-12-14-29(15-13-28)36(33,34)22-8-6-21(7-9-22)16-23-20(2)30(18-26(31)32)25-10-11-27(3,4)17-24(23)25/h6-9H,5,10-19H2,1-4H3,(H,31,32). The molecule has 1 aromatic carbocycles. The average molecular weight is 518 g/mol. The van der Waals surface area contributed by atoms with E-state index in [1.807, 2.05) is 30.5 Å². The van der Waals surface area contributed by atoms with E-state index in [0.717, 1.165) is 36.2 Å². The van der Waals surface area contributed by atoms with E-state index >= 15 is 0 Å². The van der Waals surface area contributed by atoms with Gasteiger partial charge in [-0.2, -0.15) is 4.31 Å². The van der Waals surface area contributed by atoms with Gasteiger partial charge in [0.05, 0.1) is 11.6 Å². The van der Waals surface area contributed by atoms with Gasteiger partial charge in [0.25, 0.3) is 0 Å². The molecule has 2 aromatic rings. The number of ether oxygens (including phenoxy) is 1. The van der Waals surface area contributed by atoms with Gasteiger partial charge in [-0.3, -0.25) is 9.69 Å². The molecule has 1 aliphatic heterocycles. The third-order valence-corrected chi connectivity index (χ3v) is 9.53. The minimum absolute atomic E-state index is 0.0242. The Morgan fingerprint density at radius 1 is 1.11 bits per heavy atom. The highest BCUT2D eigenvalue weighted by atomic mass is 32.2. The molecule has 1 aromatic heterocycles. The summed E-state index contributed by atoms with van der Waals surface area (Å²) in [4.78, 5) is 14.0. The first-order chi connectivity index (χ1) is 17.0. The predicted molar refractivity (Wildman–Crippen MR) is 139 cm³/mol. The van der Waals surface area contributed by atoms with Gasteiger partial charge in [0.2, 0.25) is 10.0 Å². The lowest BCUT2D eigenvalue weighted by Crippen LogP contribution is -2.49. The van der Waals surface area contributed by atoms with E-state index in [9.17, 15) is 18.3 Å². The first-order valence-electron chi connectivity index (χ1n) is 12.8. The molecule has 0 unspecified atom stereocenters. The van der Waals surface area contributed by atoms with Gasteiger partial charge in [0.1, 0.15) is 6.54 Å². The van der Waals surface area contributed by atoms with E-state index in [2.05, 4.69) is 18.7 Å². The van der Waals surface area contributed by atoms with Gasteiger partial charge in [-0.25, -0.2) is 8.42 Å². The van der Waals surface area contributed by atoms with E-state index < -0.39 is 16.0 Å². The van der Waals surface area contributed by atoms with Gasteiger partial charge in [0, 0.05) is 44.2 Å². The zero-order chi connectivity index (χ0) is 26.1. The van der Waals surface area contributed by atoms with E-state index in [1.54, 1.807) is 16.4 Å². The summed E-state index contributed by atoms with van der Waals surface area (Å²) >= 11 is 0. The molecular weight excluding hydrogens is 478 g/mol. The van der Waals surface area contributed by atoms with Crippen molar-refractivity contribution >= 4 is 16.0 Å². The molecule has 0 bridgehead atoms. The summed E-state index contributed by atoms with van der Waals surface area (Å²) in [5, 5.41) is 9.47. The number of carboxylic acid groups (broad SMARTS) is 1. The number of sulfonamides is 1. The van der Waals surface area contributed by atoms with Crippen molar-refractivity contribution in [2.24, 2.45) is 5.41 Å². The molecule has 36 heavy (non-hydrogen) atoms. The molecule has 1 N–H and O–H groups in total. The van der Waals surface area contributed by atoms with Gasteiger partial charge in [-0.1, -0.05) is 26.0 Å². The summed E-state index contributed by atoms with van der Waals surface area (Å²) in [7, 11) is -3.55. The number of piperazine rings is 1. The number of benzene rings is 1. The largest absolute Gasteiger partial charge is 0.480 e. The van der Waals surface area contributed by atoms with Crippen molar-refractivity contribution in [3.63, 3.8) is 0 Å². The summed E-state index contributed by atoms with van der Waals surface area (Å²) in [6.45, 7) is 11.9. The number of aliphatic carboxylic acids is 1. The molecule has 2 aliphatic rings. The third-order valence-electron chi connectivity index (χ3n) is 7.62. The minimum Gasteiger partial charge on any atom is -0.480 e. The van der Waals surface area contributed by atoms with Crippen LogP contribution < -0.4 is 0 Å². The molecule has 0 atom stereocenters.